The Morgan fingerprint density at radius 3 is 2.54 bits per heavy atom. The Kier molecular flexibility index (Phi) is 5.43. The van der Waals surface area contributed by atoms with Gasteiger partial charge < -0.3 is 10.6 Å². The summed E-state index contributed by atoms with van der Waals surface area (Å²) in [6, 6.07) is 11.5. The van der Waals surface area contributed by atoms with Gasteiger partial charge in [-0.2, -0.15) is 0 Å². The monoisotopic (exact) mass is 370 g/mol. The average molecular weight is 371 g/mol. The van der Waals surface area contributed by atoms with E-state index >= 15 is 0 Å². The molecule has 0 saturated carbocycles. The number of rotatable bonds is 5. The van der Waals surface area contributed by atoms with E-state index in [9.17, 15) is 9.18 Å². The third-order valence-corrected chi connectivity index (χ3v) is 4.10. The van der Waals surface area contributed by atoms with Crippen LogP contribution in [0.5, 0.6) is 0 Å². The minimum atomic E-state index is -0.355. The fraction of sp³-hybridized carbons (Fsp3) is 0.105. The summed E-state index contributed by atoms with van der Waals surface area (Å²) < 4.78 is 12.9. The second-order valence-electron chi connectivity index (χ2n) is 5.68. The molecule has 132 valence electrons. The van der Waals surface area contributed by atoms with Crippen LogP contribution >= 0.6 is 11.6 Å². The zero-order chi connectivity index (χ0) is 18.5. The number of benzene rings is 2. The van der Waals surface area contributed by atoms with E-state index in [1.807, 2.05) is 19.1 Å². The Labute approximate surface area is 155 Å². The molecule has 26 heavy (non-hydrogen) atoms. The Morgan fingerprint density at radius 1 is 1.12 bits per heavy atom. The fourth-order valence-corrected chi connectivity index (χ4v) is 2.38. The van der Waals surface area contributed by atoms with E-state index in [4.69, 9.17) is 11.6 Å². The van der Waals surface area contributed by atoms with Crippen molar-refractivity contribution in [2.24, 2.45) is 0 Å². The summed E-state index contributed by atoms with van der Waals surface area (Å²) in [7, 11) is 0. The first-order chi connectivity index (χ1) is 12.5. The van der Waals surface area contributed by atoms with E-state index in [0.29, 0.717) is 10.8 Å². The summed E-state index contributed by atoms with van der Waals surface area (Å²) in [6.07, 6.45) is 2.86. The van der Waals surface area contributed by atoms with Gasteiger partial charge in [-0.15, -0.1) is 0 Å². The van der Waals surface area contributed by atoms with Crippen molar-refractivity contribution in [3.05, 3.63) is 82.5 Å². The molecule has 2 N–H and O–H groups in total. The number of nitrogens with one attached hydrogen (secondary N) is 2. The first-order valence-corrected chi connectivity index (χ1v) is 8.27. The van der Waals surface area contributed by atoms with Gasteiger partial charge in [0.05, 0.1) is 12.4 Å². The number of carbonyl (C=O) groups excluding carboxylic acids is 1. The summed E-state index contributed by atoms with van der Waals surface area (Å²) in [5.41, 5.74) is 2.75. The lowest BCUT2D eigenvalue weighted by Gasteiger charge is -2.08. The SMILES string of the molecule is Cc1ccc(Nc2cnc(C(=O)NCc3ccc(F)cc3)cn2)cc1Cl. The average Bonchev–Trinajstić information content (AvgIpc) is 2.65. The minimum Gasteiger partial charge on any atom is -0.347 e. The van der Waals surface area contributed by atoms with Gasteiger partial charge in [-0.3, -0.25) is 4.79 Å². The standard InChI is InChI=1S/C19H16ClFN4O/c1-12-2-7-15(8-16(12)20)25-18-11-22-17(10-23-18)19(26)24-9-13-3-5-14(21)6-4-13/h2-8,10-11H,9H2,1H3,(H,23,25)(H,24,26). The topological polar surface area (TPSA) is 66.9 Å². The van der Waals surface area contributed by atoms with Crippen molar-refractivity contribution in [2.45, 2.75) is 13.5 Å². The van der Waals surface area contributed by atoms with Crippen molar-refractivity contribution in [1.82, 2.24) is 15.3 Å². The molecule has 1 aromatic heterocycles. The van der Waals surface area contributed by atoms with E-state index in [1.54, 1.807) is 18.2 Å². The number of anilines is 2. The van der Waals surface area contributed by atoms with Crippen LogP contribution in [0, 0.1) is 12.7 Å². The van der Waals surface area contributed by atoms with Crippen molar-refractivity contribution in [1.29, 1.82) is 0 Å². The summed E-state index contributed by atoms with van der Waals surface area (Å²) in [5.74, 6) is -0.171. The predicted molar refractivity (Wildman–Crippen MR) is 99.1 cm³/mol. The van der Waals surface area contributed by atoms with Gasteiger partial charge in [0.25, 0.3) is 5.91 Å². The number of hydrogen-bond donors (Lipinski definition) is 2. The predicted octanol–water partition coefficient (Wildman–Crippen LogP) is 4.25. The summed E-state index contributed by atoms with van der Waals surface area (Å²) in [4.78, 5) is 20.4. The van der Waals surface area contributed by atoms with Crippen LogP contribution < -0.4 is 10.6 Å². The van der Waals surface area contributed by atoms with Crippen molar-refractivity contribution in [3.8, 4) is 0 Å². The minimum absolute atomic E-state index is 0.194. The quantitative estimate of drug-likeness (QED) is 0.704. The van der Waals surface area contributed by atoms with Gasteiger partial charge in [-0.05, 0) is 42.3 Å². The summed E-state index contributed by atoms with van der Waals surface area (Å²) in [5, 5.41) is 6.44. The van der Waals surface area contributed by atoms with Crippen LogP contribution in [0.4, 0.5) is 15.9 Å². The molecule has 0 atom stereocenters. The number of nitrogens with zero attached hydrogens (tertiary/aromatic N) is 2. The number of carbonyl (C=O) groups is 1. The lowest BCUT2D eigenvalue weighted by molar-refractivity contribution is 0.0945. The van der Waals surface area contributed by atoms with Gasteiger partial charge in [0.15, 0.2) is 0 Å². The molecule has 1 amide bonds. The highest BCUT2D eigenvalue weighted by Gasteiger charge is 2.08. The molecule has 3 aromatic rings. The van der Waals surface area contributed by atoms with Gasteiger partial charge in [-0.25, -0.2) is 14.4 Å². The molecule has 0 bridgehead atoms. The van der Waals surface area contributed by atoms with Crippen molar-refractivity contribution in [3.63, 3.8) is 0 Å². The number of amides is 1. The van der Waals surface area contributed by atoms with Gasteiger partial charge in [0.1, 0.15) is 17.3 Å². The molecule has 0 unspecified atom stereocenters. The van der Waals surface area contributed by atoms with Crippen LogP contribution in [0.3, 0.4) is 0 Å². The summed E-state index contributed by atoms with van der Waals surface area (Å²) in [6.45, 7) is 2.20. The maximum absolute atomic E-state index is 12.9. The maximum atomic E-state index is 12.9. The molecule has 0 aliphatic rings. The smallest absolute Gasteiger partial charge is 0.271 e. The van der Waals surface area contributed by atoms with Crippen molar-refractivity contribution in [2.75, 3.05) is 5.32 Å². The highest BCUT2D eigenvalue weighted by molar-refractivity contribution is 6.31. The number of halogens is 2. The molecule has 0 aliphatic heterocycles. The Hall–Kier alpha value is -2.99. The van der Waals surface area contributed by atoms with E-state index in [1.165, 1.54) is 24.5 Å². The molecule has 0 spiro atoms. The van der Waals surface area contributed by atoms with Gasteiger partial charge in [0.2, 0.25) is 0 Å². The molecule has 0 radical (unpaired) electrons. The summed E-state index contributed by atoms with van der Waals surface area (Å²) >= 11 is 6.09. The first-order valence-electron chi connectivity index (χ1n) is 7.89. The highest BCUT2D eigenvalue weighted by Crippen LogP contribution is 2.22. The second-order valence-corrected chi connectivity index (χ2v) is 6.09. The molecule has 2 aromatic carbocycles. The molecule has 3 rings (SSSR count). The first kappa shape index (κ1) is 17.8. The third kappa shape index (κ3) is 4.55. The molecule has 0 fully saturated rings. The van der Waals surface area contributed by atoms with E-state index in [0.717, 1.165) is 16.8 Å². The van der Waals surface area contributed by atoms with Crippen molar-refractivity contribution >= 4 is 29.0 Å². The molecule has 0 saturated heterocycles. The van der Waals surface area contributed by atoms with Gasteiger partial charge in [0, 0.05) is 17.3 Å². The zero-order valence-corrected chi connectivity index (χ0v) is 14.7. The van der Waals surface area contributed by atoms with E-state index in [-0.39, 0.29) is 24.0 Å². The van der Waals surface area contributed by atoms with Crippen LogP contribution in [0.25, 0.3) is 0 Å². The van der Waals surface area contributed by atoms with Crippen LogP contribution in [-0.2, 0) is 6.54 Å². The van der Waals surface area contributed by atoms with Gasteiger partial charge in [-0.1, -0.05) is 29.8 Å². The van der Waals surface area contributed by atoms with Crippen LogP contribution in [-0.4, -0.2) is 15.9 Å². The molecule has 7 heteroatoms. The number of aryl methyl sites for hydroxylation is 1. The Bertz CT molecular complexity index is 914. The lowest BCUT2D eigenvalue weighted by Crippen LogP contribution is -2.24. The highest BCUT2D eigenvalue weighted by atomic mass is 35.5. The Balaban J connectivity index is 1.60. The molecule has 1 heterocycles. The number of hydrogen-bond acceptors (Lipinski definition) is 4. The number of aromatic nitrogens is 2. The maximum Gasteiger partial charge on any atom is 0.271 e. The van der Waals surface area contributed by atoms with E-state index in [2.05, 4.69) is 20.6 Å². The third-order valence-electron chi connectivity index (χ3n) is 3.70. The van der Waals surface area contributed by atoms with Crippen molar-refractivity contribution < 1.29 is 9.18 Å². The van der Waals surface area contributed by atoms with Crippen LogP contribution in [0.1, 0.15) is 21.6 Å². The Morgan fingerprint density at radius 2 is 1.88 bits per heavy atom. The zero-order valence-electron chi connectivity index (χ0n) is 14.0. The van der Waals surface area contributed by atoms with E-state index < -0.39 is 0 Å². The van der Waals surface area contributed by atoms with Crippen LogP contribution in [0.15, 0.2) is 54.9 Å². The van der Waals surface area contributed by atoms with Crippen LogP contribution in [0.2, 0.25) is 5.02 Å². The molecule has 0 aliphatic carbocycles. The lowest BCUT2D eigenvalue weighted by atomic mass is 10.2. The second kappa shape index (κ2) is 7.93. The fourth-order valence-electron chi connectivity index (χ4n) is 2.20. The largest absolute Gasteiger partial charge is 0.347 e. The molecular formula is C19H16ClFN4O. The molecular weight excluding hydrogens is 355 g/mol. The van der Waals surface area contributed by atoms with Gasteiger partial charge >= 0.3 is 0 Å². The normalized spacial score (nSPS) is 10.4. The molecule has 5 nitrogen and oxygen atoms in total.